The molecule has 0 aliphatic carbocycles. The Balaban J connectivity index is 1.84. The average Bonchev–Trinajstić information content (AvgIpc) is 2.49. The molecule has 0 amide bonds. The summed E-state index contributed by atoms with van der Waals surface area (Å²) in [5, 5.41) is 12.6. The summed E-state index contributed by atoms with van der Waals surface area (Å²) >= 11 is 0. The minimum Gasteiger partial charge on any atom is -0.388 e. The summed E-state index contributed by atoms with van der Waals surface area (Å²) in [6.45, 7) is 0. The minimum absolute atomic E-state index is 0.256. The third kappa shape index (κ3) is 2.70. The van der Waals surface area contributed by atoms with Crippen LogP contribution in [0.5, 0.6) is 0 Å². The van der Waals surface area contributed by atoms with E-state index in [4.69, 9.17) is 0 Å². The number of benzene rings is 3. The topological polar surface area (TPSA) is 20.2 Å². The Bertz CT molecular complexity index is 719. The van der Waals surface area contributed by atoms with E-state index in [-0.39, 0.29) is 5.82 Å². The van der Waals surface area contributed by atoms with Crippen LogP contribution in [0.4, 0.5) is 4.39 Å². The lowest BCUT2D eigenvalue weighted by Crippen LogP contribution is -2.01. The molecule has 1 N–H and O–H groups in total. The quantitative estimate of drug-likeness (QED) is 0.751. The number of rotatable bonds is 3. The maximum Gasteiger partial charge on any atom is 0.123 e. The van der Waals surface area contributed by atoms with Crippen molar-refractivity contribution >= 4 is 10.8 Å². The second-order valence-corrected chi connectivity index (χ2v) is 4.95. The summed E-state index contributed by atoms with van der Waals surface area (Å²) in [7, 11) is 0. The van der Waals surface area contributed by atoms with Gasteiger partial charge in [0.15, 0.2) is 0 Å². The first-order valence-corrected chi connectivity index (χ1v) is 6.63. The van der Waals surface area contributed by atoms with E-state index in [0.717, 1.165) is 21.9 Å². The second kappa shape index (κ2) is 5.43. The fourth-order valence-electron chi connectivity index (χ4n) is 2.38. The Morgan fingerprint density at radius 2 is 1.55 bits per heavy atom. The molecule has 3 aromatic carbocycles. The van der Waals surface area contributed by atoms with Crippen LogP contribution in [0, 0.1) is 5.82 Å². The number of hydrogen-bond donors (Lipinski definition) is 1. The SMILES string of the molecule is OC(Cc1ccc(F)cc1)c1ccc2ccccc2c1. The van der Waals surface area contributed by atoms with E-state index in [1.54, 1.807) is 12.1 Å². The summed E-state index contributed by atoms with van der Waals surface area (Å²) in [6, 6.07) is 20.3. The molecule has 0 aliphatic rings. The van der Waals surface area contributed by atoms with Gasteiger partial charge in [0.2, 0.25) is 0 Å². The summed E-state index contributed by atoms with van der Waals surface area (Å²) in [6.07, 6.45) is -0.0939. The van der Waals surface area contributed by atoms with Gasteiger partial charge in [-0.05, 0) is 40.1 Å². The van der Waals surface area contributed by atoms with Gasteiger partial charge in [0.25, 0.3) is 0 Å². The van der Waals surface area contributed by atoms with Crippen molar-refractivity contribution in [3.05, 3.63) is 83.7 Å². The largest absolute Gasteiger partial charge is 0.388 e. The highest BCUT2D eigenvalue weighted by molar-refractivity contribution is 5.83. The van der Waals surface area contributed by atoms with Crippen LogP contribution in [-0.4, -0.2) is 5.11 Å². The van der Waals surface area contributed by atoms with Gasteiger partial charge in [0.1, 0.15) is 5.82 Å². The predicted molar refractivity (Wildman–Crippen MR) is 79.0 cm³/mol. The van der Waals surface area contributed by atoms with Crippen LogP contribution in [0.2, 0.25) is 0 Å². The van der Waals surface area contributed by atoms with Crippen LogP contribution in [-0.2, 0) is 6.42 Å². The monoisotopic (exact) mass is 266 g/mol. The van der Waals surface area contributed by atoms with Crippen LogP contribution in [0.25, 0.3) is 10.8 Å². The van der Waals surface area contributed by atoms with Gasteiger partial charge in [-0.1, -0.05) is 48.5 Å². The van der Waals surface area contributed by atoms with E-state index in [1.165, 1.54) is 12.1 Å². The van der Waals surface area contributed by atoms with E-state index in [1.807, 2.05) is 42.5 Å². The fourth-order valence-corrected chi connectivity index (χ4v) is 2.38. The van der Waals surface area contributed by atoms with Crippen molar-refractivity contribution < 1.29 is 9.50 Å². The second-order valence-electron chi connectivity index (χ2n) is 4.95. The highest BCUT2D eigenvalue weighted by atomic mass is 19.1. The van der Waals surface area contributed by atoms with E-state index < -0.39 is 6.10 Å². The summed E-state index contributed by atoms with van der Waals surface area (Å²) in [5.74, 6) is -0.256. The Hall–Kier alpha value is -2.19. The van der Waals surface area contributed by atoms with Crippen LogP contribution < -0.4 is 0 Å². The molecule has 2 heteroatoms. The maximum atomic E-state index is 12.9. The van der Waals surface area contributed by atoms with Crippen molar-refractivity contribution in [1.82, 2.24) is 0 Å². The molecule has 0 fully saturated rings. The zero-order chi connectivity index (χ0) is 13.9. The van der Waals surface area contributed by atoms with E-state index in [2.05, 4.69) is 0 Å². The van der Waals surface area contributed by atoms with Crippen molar-refractivity contribution in [2.75, 3.05) is 0 Å². The molecule has 1 atom stereocenters. The normalized spacial score (nSPS) is 12.5. The highest BCUT2D eigenvalue weighted by Crippen LogP contribution is 2.23. The first-order valence-electron chi connectivity index (χ1n) is 6.63. The van der Waals surface area contributed by atoms with Gasteiger partial charge in [-0.3, -0.25) is 0 Å². The molecule has 0 radical (unpaired) electrons. The number of hydrogen-bond acceptors (Lipinski definition) is 1. The van der Waals surface area contributed by atoms with Crippen LogP contribution >= 0.6 is 0 Å². The molecule has 0 aliphatic heterocycles. The molecule has 1 nitrogen and oxygen atoms in total. The smallest absolute Gasteiger partial charge is 0.123 e. The Kier molecular flexibility index (Phi) is 3.48. The fraction of sp³-hybridized carbons (Fsp3) is 0.111. The molecule has 100 valence electrons. The highest BCUT2D eigenvalue weighted by Gasteiger charge is 2.09. The number of fused-ring (bicyclic) bond motifs is 1. The van der Waals surface area contributed by atoms with Crippen LogP contribution in [0.3, 0.4) is 0 Å². The average molecular weight is 266 g/mol. The van der Waals surface area contributed by atoms with Crippen molar-refractivity contribution in [3.63, 3.8) is 0 Å². The summed E-state index contributed by atoms with van der Waals surface area (Å²) in [4.78, 5) is 0. The molecule has 3 rings (SSSR count). The predicted octanol–water partition coefficient (Wildman–Crippen LogP) is 4.26. The molecule has 0 heterocycles. The lowest BCUT2D eigenvalue weighted by atomic mass is 9.99. The molecule has 3 aromatic rings. The Morgan fingerprint density at radius 3 is 2.30 bits per heavy atom. The van der Waals surface area contributed by atoms with Crippen LogP contribution in [0.15, 0.2) is 66.7 Å². The van der Waals surface area contributed by atoms with E-state index >= 15 is 0 Å². The number of halogens is 1. The molecule has 0 saturated heterocycles. The Labute approximate surface area is 117 Å². The van der Waals surface area contributed by atoms with E-state index in [0.29, 0.717) is 6.42 Å². The van der Waals surface area contributed by atoms with E-state index in [9.17, 15) is 9.50 Å². The van der Waals surface area contributed by atoms with Gasteiger partial charge in [-0.25, -0.2) is 4.39 Å². The zero-order valence-electron chi connectivity index (χ0n) is 11.0. The number of aliphatic hydroxyl groups excluding tert-OH is 1. The van der Waals surface area contributed by atoms with Gasteiger partial charge >= 0.3 is 0 Å². The molecule has 1 unspecified atom stereocenters. The van der Waals surface area contributed by atoms with Gasteiger partial charge in [0.05, 0.1) is 6.10 Å². The molecule has 20 heavy (non-hydrogen) atoms. The first-order chi connectivity index (χ1) is 9.72. The summed E-state index contributed by atoms with van der Waals surface area (Å²) in [5.41, 5.74) is 1.81. The van der Waals surface area contributed by atoms with Crippen molar-refractivity contribution in [3.8, 4) is 0 Å². The molecule has 0 saturated carbocycles. The molecule has 0 bridgehead atoms. The zero-order valence-corrected chi connectivity index (χ0v) is 11.0. The third-order valence-electron chi connectivity index (χ3n) is 3.50. The maximum absolute atomic E-state index is 12.9. The third-order valence-corrected chi connectivity index (χ3v) is 3.50. The van der Waals surface area contributed by atoms with Gasteiger partial charge < -0.3 is 5.11 Å². The first kappa shape index (κ1) is 12.8. The van der Waals surface area contributed by atoms with Crippen molar-refractivity contribution in [1.29, 1.82) is 0 Å². The minimum atomic E-state index is -0.579. The van der Waals surface area contributed by atoms with Gasteiger partial charge in [-0.2, -0.15) is 0 Å². The lowest BCUT2D eigenvalue weighted by Gasteiger charge is -2.12. The van der Waals surface area contributed by atoms with Crippen molar-refractivity contribution in [2.45, 2.75) is 12.5 Å². The lowest BCUT2D eigenvalue weighted by molar-refractivity contribution is 0.178. The van der Waals surface area contributed by atoms with Gasteiger partial charge in [-0.15, -0.1) is 0 Å². The molecule has 0 aromatic heterocycles. The molecular formula is C18H15FO. The van der Waals surface area contributed by atoms with Gasteiger partial charge in [0, 0.05) is 6.42 Å². The van der Waals surface area contributed by atoms with Crippen molar-refractivity contribution in [2.24, 2.45) is 0 Å². The molecule has 0 spiro atoms. The summed E-state index contributed by atoms with van der Waals surface area (Å²) < 4.78 is 12.9. The molecular weight excluding hydrogens is 251 g/mol. The Morgan fingerprint density at radius 1 is 0.850 bits per heavy atom. The number of aliphatic hydroxyl groups is 1. The van der Waals surface area contributed by atoms with Crippen LogP contribution in [0.1, 0.15) is 17.2 Å². The standard InChI is InChI=1S/C18H15FO/c19-17-9-5-13(6-10-17)11-18(20)16-8-7-14-3-1-2-4-15(14)12-16/h1-10,12,18,20H,11H2.